The molecule has 0 fully saturated rings. The standard InChI is InChI=1S/C14H14O2/c1-2-16-14(15)11-5-6-12-9-3-4-10(7-9)13(12)8-11/h3-6,8-10H,2,7H2,1H3/t9-,10+/m1/s1. The van der Waals surface area contributed by atoms with Gasteiger partial charge in [0, 0.05) is 11.8 Å². The Morgan fingerprint density at radius 2 is 2.06 bits per heavy atom. The van der Waals surface area contributed by atoms with E-state index in [0.717, 1.165) is 0 Å². The molecular weight excluding hydrogens is 200 g/mol. The van der Waals surface area contributed by atoms with Crippen LogP contribution in [0.1, 0.15) is 46.7 Å². The van der Waals surface area contributed by atoms with E-state index in [0.29, 0.717) is 24.0 Å². The number of carbonyl (C=O) groups is 1. The Labute approximate surface area is 94.9 Å². The molecule has 2 aliphatic carbocycles. The zero-order valence-corrected chi connectivity index (χ0v) is 9.27. The molecule has 3 rings (SSSR count). The summed E-state index contributed by atoms with van der Waals surface area (Å²) in [5.41, 5.74) is 3.39. The van der Waals surface area contributed by atoms with E-state index < -0.39 is 0 Å². The van der Waals surface area contributed by atoms with Gasteiger partial charge in [0.25, 0.3) is 0 Å². The normalized spacial score (nSPS) is 24.6. The van der Waals surface area contributed by atoms with Crippen molar-refractivity contribution in [1.82, 2.24) is 0 Å². The number of esters is 1. The number of ether oxygens (including phenoxy) is 1. The Morgan fingerprint density at radius 1 is 1.31 bits per heavy atom. The number of benzene rings is 1. The first-order valence-corrected chi connectivity index (χ1v) is 5.79. The Balaban J connectivity index is 1.96. The van der Waals surface area contributed by atoms with Crippen LogP contribution in [0.15, 0.2) is 30.4 Å². The maximum atomic E-state index is 11.6. The van der Waals surface area contributed by atoms with Gasteiger partial charge < -0.3 is 4.74 Å². The lowest BCUT2D eigenvalue weighted by atomic mass is 9.95. The van der Waals surface area contributed by atoms with Gasteiger partial charge >= 0.3 is 5.97 Å². The van der Waals surface area contributed by atoms with Gasteiger partial charge in [-0.3, -0.25) is 0 Å². The lowest BCUT2D eigenvalue weighted by Crippen LogP contribution is -2.06. The summed E-state index contributed by atoms with van der Waals surface area (Å²) in [6, 6.07) is 5.96. The minimum absolute atomic E-state index is 0.211. The molecule has 0 radical (unpaired) electrons. The van der Waals surface area contributed by atoms with E-state index in [1.165, 1.54) is 17.5 Å². The molecule has 82 valence electrons. The molecule has 0 saturated carbocycles. The lowest BCUT2D eigenvalue weighted by molar-refractivity contribution is 0.0526. The Bertz CT molecular complexity index is 474. The molecule has 0 spiro atoms. The molecule has 0 saturated heterocycles. The fourth-order valence-electron chi connectivity index (χ4n) is 2.74. The van der Waals surface area contributed by atoms with E-state index in [1.807, 2.05) is 19.1 Å². The summed E-state index contributed by atoms with van der Waals surface area (Å²) < 4.78 is 5.01. The second kappa shape index (κ2) is 3.48. The van der Waals surface area contributed by atoms with E-state index in [4.69, 9.17) is 4.74 Å². The smallest absolute Gasteiger partial charge is 0.338 e. The van der Waals surface area contributed by atoms with Crippen molar-refractivity contribution in [2.24, 2.45) is 0 Å². The van der Waals surface area contributed by atoms with Crippen LogP contribution in [0, 0.1) is 0 Å². The lowest BCUT2D eigenvalue weighted by Gasteiger charge is -2.11. The van der Waals surface area contributed by atoms with Crippen molar-refractivity contribution in [2.45, 2.75) is 25.2 Å². The zero-order chi connectivity index (χ0) is 11.1. The molecule has 0 unspecified atom stereocenters. The third-order valence-corrected chi connectivity index (χ3v) is 3.48. The number of allylic oxidation sites excluding steroid dienone is 2. The van der Waals surface area contributed by atoms with Crippen molar-refractivity contribution in [3.05, 3.63) is 47.0 Å². The van der Waals surface area contributed by atoms with Gasteiger partial charge in [-0.2, -0.15) is 0 Å². The number of hydrogen-bond donors (Lipinski definition) is 0. The fourth-order valence-corrected chi connectivity index (χ4v) is 2.74. The highest BCUT2D eigenvalue weighted by Gasteiger charge is 2.32. The van der Waals surface area contributed by atoms with Crippen molar-refractivity contribution >= 4 is 5.97 Å². The summed E-state index contributed by atoms with van der Waals surface area (Å²) in [5.74, 6) is 0.891. The molecule has 2 bridgehead atoms. The van der Waals surface area contributed by atoms with Gasteiger partial charge in [0.1, 0.15) is 0 Å². The van der Waals surface area contributed by atoms with E-state index in [9.17, 15) is 4.79 Å². The third-order valence-electron chi connectivity index (χ3n) is 3.48. The van der Waals surface area contributed by atoms with Crippen LogP contribution in [0.25, 0.3) is 0 Å². The van der Waals surface area contributed by atoms with Crippen LogP contribution in [0.2, 0.25) is 0 Å². The van der Waals surface area contributed by atoms with Crippen molar-refractivity contribution in [2.75, 3.05) is 6.61 Å². The number of rotatable bonds is 2. The number of fused-ring (bicyclic) bond motifs is 5. The predicted octanol–water partition coefficient (Wildman–Crippen LogP) is 3.00. The van der Waals surface area contributed by atoms with Crippen LogP contribution in [-0.2, 0) is 4.74 Å². The highest BCUT2D eigenvalue weighted by atomic mass is 16.5. The van der Waals surface area contributed by atoms with Crippen LogP contribution in [-0.4, -0.2) is 12.6 Å². The van der Waals surface area contributed by atoms with Crippen molar-refractivity contribution in [3.63, 3.8) is 0 Å². The Kier molecular flexibility index (Phi) is 2.10. The quantitative estimate of drug-likeness (QED) is 0.558. The maximum absolute atomic E-state index is 11.6. The first kappa shape index (κ1) is 9.64. The Morgan fingerprint density at radius 3 is 2.81 bits per heavy atom. The minimum atomic E-state index is -0.211. The summed E-state index contributed by atoms with van der Waals surface area (Å²) in [6.07, 6.45) is 5.71. The molecule has 1 aromatic rings. The van der Waals surface area contributed by atoms with Gasteiger partial charge in [-0.25, -0.2) is 4.79 Å². The van der Waals surface area contributed by atoms with Crippen molar-refractivity contribution in [3.8, 4) is 0 Å². The maximum Gasteiger partial charge on any atom is 0.338 e. The topological polar surface area (TPSA) is 26.3 Å². The van der Waals surface area contributed by atoms with Gasteiger partial charge in [-0.05, 0) is 36.6 Å². The second-order valence-electron chi connectivity index (χ2n) is 4.40. The fraction of sp³-hybridized carbons (Fsp3) is 0.357. The molecule has 2 heteroatoms. The van der Waals surface area contributed by atoms with E-state index in [1.54, 1.807) is 0 Å². The summed E-state index contributed by atoms with van der Waals surface area (Å²) in [4.78, 5) is 11.6. The number of carbonyl (C=O) groups excluding carboxylic acids is 1. The van der Waals surface area contributed by atoms with Gasteiger partial charge in [0.15, 0.2) is 0 Å². The molecule has 0 aromatic heterocycles. The Hall–Kier alpha value is -1.57. The van der Waals surface area contributed by atoms with Gasteiger partial charge in [-0.1, -0.05) is 18.2 Å². The molecule has 0 amide bonds. The summed E-state index contributed by atoms with van der Waals surface area (Å²) in [5, 5.41) is 0. The average Bonchev–Trinajstić information content (AvgIpc) is 2.90. The van der Waals surface area contributed by atoms with Gasteiger partial charge in [-0.15, -0.1) is 0 Å². The molecule has 1 aromatic carbocycles. The van der Waals surface area contributed by atoms with Crippen LogP contribution < -0.4 is 0 Å². The monoisotopic (exact) mass is 214 g/mol. The van der Waals surface area contributed by atoms with Crippen LogP contribution in [0.4, 0.5) is 0 Å². The first-order chi connectivity index (χ1) is 7.79. The summed E-state index contributed by atoms with van der Waals surface area (Å²) in [6.45, 7) is 2.26. The van der Waals surface area contributed by atoms with Crippen LogP contribution in [0.5, 0.6) is 0 Å². The SMILES string of the molecule is CCOC(=O)c1ccc2c(c1)[C@H]1C=C[C@@H]2C1. The van der Waals surface area contributed by atoms with E-state index >= 15 is 0 Å². The van der Waals surface area contributed by atoms with Gasteiger partial charge in [0.2, 0.25) is 0 Å². The molecule has 0 aliphatic heterocycles. The molecule has 0 heterocycles. The zero-order valence-electron chi connectivity index (χ0n) is 9.27. The first-order valence-electron chi connectivity index (χ1n) is 5.79. The van der Waals surface area contributed by atoms with Crippen LogP contribution in [0.3, 0.4) is 0 Å². The molecule has 2 nitrogen and oxygen atoms in total. The summed E-state index contributed by atoms with van der Waals surface area (Å²) >= 11 is 0. The highest BCUT2D eigenvalue weighted by molar-refractivity contribution is 5.90. The largest absolute Gasteiger partial charge is 0.462 e. The molecule has 2 atom stereocenters. The van der Waals surface area contributed by atoms with Crippen LogP contribution >= 0.6 is 0 Å². The average molecular weight is 214 g/mol. The third kappa shape index (κ3) is 1.29. The predicted molar refractivity (Wildman–Crippen MR) is 61.6 cm³/mol. The molecular formula is C14H14O2. The van der Waals surface area contributed by atoms with Gasteiger partial charge in [0.05, 0.1) is 12.2 Å². The molecule has 2 aliphatic rings. The number of hydrogen-bond acceptors (Lipinski definition) is 2. The molecule has 0 N–H and O–H groups in total. The summed E-state index contributed by atoms with van der Waals surface area (Å²) in [7, 11) is 0. The highest BCUT2D eigenvalue weighted by Crippen LogP contribution is 2.48. The van der Waals surface area contributed by atoms with Crippen molar-refractivity contribution in [1.29, 1.82) is 0 Å². The van der Waals surface area contributed by atoms with E-state index in [-0.39, 0.29) is 5.97 Å². The minimum Gasteiger partial charge on any atom is -0.462 e. The second-order valence-corrected chi connectivity index (χ2v) is 4.40. The van der Waals surface area contributed by atoms with Crippen molar-refractivity contribution < 1.29 is 9.53 Å². The molecule has 16 heavy (non-hydrogen) atoms. The van der Waals surface area contributed by atoms with E-state index in [2.05, 4.69) is 18.2 Å².